The summed E-state index contributed by atoms with van der Waals surface area (Å²) in [4.78, 5) is 2.20. The lowest BCUT2D eigenvalue weighted by molar-refractivity contribution is 0.0943. The topological polar surface area (TPSA) is 24.5 Å². The SMILES string of the molecule is CNCC1COCCN1c1cccc(F)c1. The van der Waals surface area contributed by atoms with E-state index in [1.54, 1.807) is 12.1 Å². The molecule has 88 valence electrons. The number of hydrogen-bond donors (Lipinski definition) is 1. The largest absolute Gasteiger partial charge is 0.377 e. The molecule has 1 aromatic rings. The van der Waals surface area contributed by atoms with Gasteiger partial charge in [0.2, 0.25) is 0 Å². The van der Waals surface area contributed by atoms with Gasteiger partial charge in [-0.2, -0.15) is 0 Å². The molecule has 4 heteroatoms. The monoisotopic (exact) mass is 224 g/mol. The van der Waals surface area contributed by atoms with Gasteiger partial charge in [0.1, 0.15) is 5.82 Å². The van der Waals surface area contributed by atoms with E-state index in [-0.39, 0.29) is 11.9 Å². The summed E-state index contributed by atoms with van der Waals surface area (Å²) in [5.41, 5.74) is 0.934. The Balaban J connectivity index is 2.16. The minimum Gasteiger partial charge on any atom is -0.377 e. The Bertz CT molecular complexity index is 344. The summed E-state index contributed by atoms with van der Waals surface area (Å²) >= 11 is 0. The van der Waals surface area contributed by atoms with Crippen molar-refractivity contribution in [1.82, 2.24) is 5.32 Å². The van der Waals surface area contributed by atoms with Crippen LogP contribution in [-0.4, -0.2) is 39.4 Å². The summed E-state index contributed by atoms with van der Waals surface area (Å²) in [6.07, 6.45) is 0. The van der Waals surface area contributed by atoms with Gasteiger partial charge in [-0.3, -0.25) is 0 Å². The molecular weight excluding hydrogens is 207 g/mol. The number of anilines is 1. The maximum absolute atomic E-state index is 13.2. The zero-order valence-corrected chi connectivity index (χ0v) is 9.45. The maximum Gasteiger partial charge on any atom is 0.125 e. The number of benzene rings is 1. The summed E-state index contributed by atoms with van der Waals surface area (Å²) in [6, 6.07) is 7.01. The molecule has 1 aromatic carbocycles. The Morgan fingerprint density at radius 1 is 1.56 bits per heavy atom. The van der Waals surface area contributed by atoms with Crippen LogP contribution in [0, 0.1) is 5.82 Å². The fourth-order valence-corrected chi connectivity index (χ4v) is 2.05. The number of nitrogens with zero attached hydrogens (tertiary/aromatic N) is 1. The number of hydrogen-bond acceptors (Lipinski definition) is 3. The molecular formula is C12H17FN2O. The highest BCUT2D eigenvalue weighted by Gasteiger charge is 2.22. The van der Waals surface area contributed by atoms with E-state index in [1.165, 1.54) is 6.07 Å². The fourth-order valence-electron chi connectivity index (χ4n) is 2.05. The first-order chi connectivity index (χ1) is 7.81. The summed E-state index contributed by atoms with van der Waals surface area (Å²) in [6.45, 7) is 3.06. The van der Waals surface area contributed by atoms with Gasteiger partial charge >= 0.3 is 0 Å². The van der Waals surface area contributed by atoms with E-state index in [1.807, 2.05) is 13.1 Å². The Morgan fingerprint density at radius 2 is 2.44 bits per heavy atom. The second kappa shape index (κ2) is 5.27. The minimum atomic E-state index is -0.188. The third-order valence-corrected chi connectivity index (χ3v) is 2.81. The molecule has 3 nitrogen and oxygen atoms in total. The predicted molar refractivity (Wildman–Crippen MR) is 62.3 cm³/mol. The molecule has 0 aliphatic carbocycles. The van der Waals surface area contributed by atoms with Gasteiger partial charge in [-0.15, -0.1) is 0 Å². The lowest BCUT2D eigenvalue weighted by Gasteiger charge is -2.37. The van der Waals surface area contributed by atoms with Gasteiger partial charge in [0.15, 0.2) is 0 Å². The standard InChI is InChI=1S/C12H17FN2O/c1-14-8-12-9-16-6-5-15(12)11-4-2-3-10(13)7-11/h2-4,7,12,14H,5-6,8-9H2,1H3. The van der Waals surface area contributed by atoms with Gasteiger partial charge in [-0.05, 0) is 25.2 Å². The zero-order valence-electron chi connectivity index (χ0n) is 9.45. The highest BCUT2D eigenvalue weighted by Crippen LogP contribution is 2.20. The van der Waals surface area contributed by atoms with Crippen LogP contribution in [0.1, 0.15) is 0 Å². The van der Waals surface area contributed by atoms with Crippen molar-refractivity contribution in [2.45, 2.75) is 6.04 Å². The molecule has 1 unspecified atom stereocenters. The highest BCUT2D eigenvalue weighted by atomic mass is 19.1. The van der Waals surface area contributed by atoms with Gasteiger partial charge in [0.25, 0.3) is 0 Å². The lowest BCUT2D eigenvalue weighted by atomic mass is 10.2. The van der Waals surface area contributed by atoms with Crippen LogP contribution in [0.4, 0.5) is 10.1 Å². The van der Waals surface area contributed by atoms with Crippen molar-refractivity contribution in [1.29, 1.82) is 0 Å². The summed E-state index contributed by atoms with van der Waals surface area (Å²) in [5, 5.41) is 3.14. The van der Waals surface area contributed by atoms with Gasteiger partial charge in [0.05, 0.1) is 19.3 Å². The third kappa shape index (κ3) is 2.51. The van der Waals surface area contributed by atoms with Gasteiger partial charge in [0, 0.05) is 18.8 Å². The van der Waals surface area contributed by atoms with E-state index >= 15 is 0 Å². The molecule has 1 saturated heterocycles. The van der Waals surface area contributed by atoms with E-state index in [4.69, 9.17) is 4.74 Å². The van der Waals surface area contributed by atoms with Crippen LogP contribution in [0.5, 0.6) is 0 Å². The van der Waals surface area contributed by atoms with E-state index in [2.05, 4.69) is 10.2 Å². The van der Waals surface area contributed by atoms with Crippen molar-refractivity contribution < 1.29 is 9.13 Å². The second-order valence-corrected chi connectivity index (χ2v) is 3.96. The van der Waals surface area contributed by atoms with Crippen LogP contribution >= 0.6 is 0 Å². The first-order valence-corrected chi connectivity index (χ1v) is 5.56. The molecule has 0 amide bonds. The lowest BCUT2D eigenvalue weighted by Crippen LogP contribution is -2.50. The second-order valence-electron chi connectivity index (χ2n) is 3.96. The van der Waals surface area contributed by atoms with Gasteiger partial charge in [-0.25, -0.2) is 4.39 Å². The Morgan fingerprint density at radius 3 is 3.19 bits per heavy atom. The number of ether oxygens (including phenoxy) is 1. The average Bonchev–Trinajstić information content (AvgIpc) is 2.30. The molecule has 0 radical (unpaired) electrons. The van der Waals surface area contributed by atoms with Crippen molar-refractivity contribution in [2.75, 3.05) is 38.3 Å². The molecule has 0 saturated carbocycles. The number of likely N-dealkylation sites (N-methyl/N-ethyl adjacent to an activating group) is 1. The third-order valence-electron chi connectivity index (χ3n) is 2.81. The number of morpholine rings is 1. The molecule has 2 rings (SSSR count). The van der Waals surface area contributed by atoms with Crippen molar-refractivity contribution >= 4 is 5.69 Å². The predicted octanol–water partition coefficient (Wildman–Crippen LogP) is 1.25. The molecule has 1 N–H and O–H groups in total. The normalized spacial score (nSPS) is 21.1. The van der Waals surface area contributed by atoms with Crippen molar-refractivity contribution in [3.63, 3.8) is 0 Å². The van der Waals surface area contributed by atoms with Gasteiger partial charge < -0.3 is 15.0 Å². The average molecular weight is 224 g/mol. The smallest absolute Gasteiger partial charge is 0.125 e. The summed E-state index contributed by atoms with van der Waals surface area (Å²) in [7, 11) is 1.92. The van der Waals surface area contributed by atoms with Crippen LogP contribution in [0.2, 0.25) is 0 Å². The van der Waals surface area contributed by atoms with Crippen molar-refractivity contribution in [3.8, 4) is 0 Å². The molecule has 0 spiro atoms. The van der Waals surface area contributed by atoms with Crippen molar-refractivity contribution in [3.05, 3.63) is 30.1 Å². The minimum absolute atomic E-state index is 0.188. The zero-order chi connectivity index (χ0) is 11.4. The van der Waals surface area contributed by atoms with Gasteiger partial charge in [-0.1, -0.05) is 6.07 Å². The first-order valence-electron chi connectivity index (χ1n) is 5.56. The van der Waals surface area contributed by atoms with Crippen LogP contribution in [0.3, 0.4) is 0 Å². The van der Waals surface area contributed by atoms with Crippen LogP contribution in [0.15, 0.2) is 24.3 Å². The molecule has 16 heavy (non-hydrogen) atoms. The Kier molecular flexibility index (Phi) is 3.74. The molecule has 0 aromatic heterocycles. The van der Waals surface area contributed by atoms with Crippen molar-refractivity contribution in [2.24, 2.45) is 0 Å². The molecule has 1 atom stereocenters. The number of halogens is 1. The van der Waals surface area contributed by atoms with Crippen LogP contribution in [0.25, 0.3) is 0 Å². The molecule has 0 bridgehead atoms. The Labute approximate surface area is 95.2 Å². The van der Waals surface area contributed by atoms with Crippen LogP contribution < -0.4 is 10.2 Å². The molecule has 1 fully saturated rings. The Hall–Kier alpha value is -1.13. The summed E-state index contributed by atoms with van der Waals surface area (Å²) in [5.74, 6) is -0.188. The van der Waals surface area contributed by atoms with E-state index in [9.17, 15) is 4.39 Å². The van der Waals surface area contributed by atoms with E-state index in [0.717, 1.165) is 18.8 Å². The quantitative estimate of drug-likeness (QED) is 0.836. The van der Waals surface area contributed by atoms with E-state index in [0.29, 0.717) is 13.2 Å². The molecule has 1 aliphatic heterocycles. The first kappa shape index (κ1) is 11.4. The molecule has 1 heterocycles. The number of rotatable bonds is 3. The number of nitrogens with one attached hydrogen (secondary N) is 1. The maximum atomic E-state index is 13.2. The molecule has 1 aliphatic rings. The van der Waals surface area contributed by atoms with E-state index < -0.39 is 0 Å². The van der Waals surface area contributed by atoms with Crippen LogP contribution in [-0.2, 0) is 4.74 Å². The highest BCUT2D eigenvalue weighted by molar-refractivity contribution is 5.48. The fraction of sp³-hybridized carbons (Fsp3) is 0.500. The summed E-state index contributed by atoms with van der Waals surface area (Å²) < 4.78 is 18.6.